The molecule has 2 heterocycles. The highest BCUT2D eigenvalue weighted by molar-refractivity contribution is 4.91. The first-order valence-corrected chi connectivity index (χ1v) is 9.21. The number of likely N-dealkylation sites (tertiary alicyclic amines) is 1. The largest absolute Gasteiger partial charge is 0.310 e. The minimum atomic E-state index is 0.782. The Labute approximate surface area is 125 Å². The minimum absolute atomic E-state index is 0.782. The summed E-state index contributed by atoms with van der Waals surface area (Å²) >= 11 is 0. The van der Waals surface area contributed by atoms with Crippen LogP contribution in [0.25, 0.3) is 0 Å². The Morgan fingerprint density at radius 2 is 1.70 bits per heavy atom. The van der Waals surface area contributed by atoms with Crippen LogP contribution in [0.15, 0.2) is 0 Å². The van der Waals surface area contributed by atoms with Crippen molar-refractivity contribution in [2.45, 2.75) is 77.3 Å². The first-order valence-electron chi connectivity index (χ1n) is 9.21. The summed E-state index contributed by atoms with van der Waals surface area (Å²) in [6, 6.07) is 1.64. The molecule has 0 amide bonds. The zero-order chi connectivity index (χ0) is 13.9. The lowest BCUT2D eigenvalue weighted by Gasteiger charge is -2.43. The molecule has 3 atom stereocenters. The van der Waals surface area contributed by atoms with Crippen molar-refractivity contribution in [1.29, 1.82) is 0 Å². The summed E-state index contributed by atoms with van der Waals surface area (Å²) < 4.78 is 0. The van der Waals surface area contributed by atoms with E-state index in [0.717, 1.165) is 29.8 Å². The molecule has 0 aromatic heterocycles. The molecule has 3 aliphatic rings. The summed E-state index contributed by atoms with van der Waals surface area (Å²) in [6.07, 6.45) is 11.6. The van der Waals surface area contributed by atoms with Crippen LogP contribution in [0.2, 0.25) is 0 Å². The first-order chi connectivity index (χ1) is 9.72. The van der Waals surface area contributed by atoms with Crippen LogP contribution in [-0.4, -0.2) is 36.6 Å². The molecule has 20 heavy (non-hydrogen) atoms. The summed E-state index contributed by atoms with van der Waals surface area (Å²) in [5, 5.41) is 3.99. The SMILES string of the molecule is CC(C)C1CCN(CC2CCC3CCCCC3N2)CC1. The van der Waals surface area contributed by atoms with Crippen LogP contribution in [0.1, 0.15) is 65.2 Å². The van der Waals surface area contributed by atoms with Crippen molar-refractivity contribution in [2.24, 2.45) is 17.8 Å². The summed E-state index contributed by atoms with van der Waals surface area (Å²) in [4.78, 5) is 2.74. The maximum Gasteiger partial charge on any atom is 0.0197 e. The Morgan fingerprint density at radius 3 is 2.45 bits per heavy atom. The molecule has 0 radical (unpaired) electrons. The van der Waals surface area contributed by atoms with Crippen molar-refractivity contribution < 1.29 is 0 Å². The Hall–Kier alpha value is -0.0800. The van der Waals surface area contributed by atoms with Gasteiger partial charge in [-0.1, -0.05) is 26.7 Å². The van der Waals surface area contributed by atoms with Gasteiger partial charge in [0.25, 0.3) is 0 Å². The highest BCUT2D eigenvalue weighted by Crippen LogP contribution is 2.32. The van der Waals surface area contributed by atoms with E-state index < -0.39 is 0 Å². The molecule has 0 aromatic carbocycles. The minimum Gasteiger partial charge on any atom is -0.310 e. The third-order valence-electron chi connectivity index (χ3n) is 6.30. The lowest BCUT2D eigenvalue weighted by atomic mass is 9.77. The Morgan fingerprint density at radius 1 is 0.950 bits per heavy atom. The second kappa shape index (κ2) is 6.79. The van der Waals surface area contributed by atoms with Gasteiger partial charge in [0.05, 0.1) is 0 Å². The van der Waals surface area contributed by atoms with E-state index >= 15 is 0 Å². The van der Waals surface area contributed by atoms with Crippen LogP contribution >= 0.6 is 0 Å². The maximum absolute atomic E-state index is 3.99. The number of hydrogen-bond acceptors (Lipinski definition) is 2. The fraction of sp³-hybridized carbons (Fsp3) is 1.00. The van der Waals surface area contributed by atoms with E-state index in [1.807, 2.05) is 0 Å². The quantitative estimate of drug-likeness (QED) is 0.847. The van der Waals surface area contributed by atoms with Gasteiger partial charge in [-0.2, -0.15) is 0 Å². The Balaban J connectivity index is 1.43. The standard InChI is InChI=1S/C18H34N2/c1-14(2)15-9-11-20(12-10-15)13-17-8-7-16-5-3-4-6-18(16)19-17/h14-19H,3-13H2,1-2H3. The molecule has 0 bridgehead atoms. The van der Waals surface area contributed by atoms with E-state index in [-0.39, 0.29) is 0 Å². The molecule has 3 rings (SSSR count). The summed E-state index contributed by atoms with van der Waals surface area (Å²) in [5.41, 5.74) is 0. The maximum atomic E-state index is 3.99. The van der Waals surface area contributed by atoms with E-state index in [1.54, 1.807) is 0 Å². The molecule has 0 aromatic rings. The lowest BCUT2D eigenvalue weighted by molar-refractivity contribution is 0.112. The number of nitrogens with one attached hydrogen (secondary N) is 1. The van der Waals surface area contributed by atoms with E-state index in [4.69, 9.17) is 0 Å². The molecule has 2 aliphatic heterocycles. The normalized spacial score (nSPS) is 37.0. The zero-order valence-electron chi connectivity index (χ0n) is 13.6. The smallest absolute Gasteiger partial charge is 0.0197 e. The van der Waals surface area contributed by atoms with Crippen LogP contribution in [0.3, 0.4) is 0 Å². The van der Waals surface area contributed by atoms with E-state index in [9.17, 15) is 0 Å². The van der Waals surface area contributed by atoms with Gasteiger partial charge >= 0.3 is 0 Å². The molecule has 2 nitrogen and oxygen atoms in total. The molecule has 116 valence electrons. The van der Waals surface area contributed by atoms with Crippen LogP contribution in [0.5, 0.6) is 0 Å². The third kappa shape index (κ3) is 3.57. The van der Waals surface area contributed by atoms with Gasteiger partial charge in [-0.25, -0.2) is 0 Å². The molecule has 1 N–H and O–H groups in total. The molecule has 3 unspecified atom stereocenters. The van der Waals surface area contributed by atoms with Crippen molar-refractivity contribution in [2.75, 3.05) is 19.6 Å². The number of fused-ring (bicyclic) bond motifs is 1. The second-order valence-electron chi connectivity index (χ2n) is 7.97. The lowest BCUT2D eigenvalue weighted by Crippen LogP contribution is -2.53. The predicted octanol–water partition coefficient (Wildman–Crippen LogP) is 3.67. The van der Waals surface area contributed by atoms with Crippen LogP contribution < -0.4 is 5.32 Å². The molecule has 1 saturated carbocycles. The molecule has 1 aliphatic carbocycles. The van der Waals surface area contributed by atoms with Crippen LogP contribution in [-0.2, 0) is 0 Å². The number of rotatable bonds is 3. The highest BCUT2D eigenvalue weighted by Gasteiger charge is 2.32. The van der Waals surface area contributed by atoms with Gasteiger partial charge in [0, 0.05) is 18.6 Å². The van der Waals surface area contributed by atoms with Crippen molar-refractivity contribution >= 4 is 0 Å². The number of piperidine rings is 2. The van der Waals surface area contributed by atoms with Crippen molar-refractivity contribution in [3.8, 4) is 0 Å². The van der Waals surface area contributed by atoms with E-state index in [1.165, 1.54) is 71.0 Å². The Kier molecular flexibility index (Phi) is 5.04. The average Bonchev–Trinajstić information content (AvgIpc) is 2.48. The van der Waals surface area contributed by atoms with Crippen LogP contribution in [0, 0.1) is 17.8 Å². The van der Waals surface area contributed by atoms with Gasteiger partial charge in [-0.3, -0.25) is 0 Å². The van der Waals surface area contributed by atoms with Crippen molar-refractivity contribution in [1.82, 2.24) is 10.2 Å². The predicted molar refractivity (Wildman–Crippen MR) is 85.9 cm³/mol. The van der Waals surface area contributed by atoms with Gasteiger partial charge in [-0.05, 0) is 69.4 Å². The molecule has 2 saturated heterocycles. The van der Waals surface area contributed by atoms with Crippen LogP contribution in [0.4, 0.5) is 0 Å². The number of hydrogen-bond donors (Lipinski definition) is 1. The molecular weight excluding hydrogens is 244 g/mol. The average molecular weight is 278 g/mol. The fourth-order valence-corrected chi connectivity index (χ4v) is 4.83. The van der Waals surface area contributed by atoms with Gasteiger partial charge in [0.2, 0.25) is 0 Å². The van der Waals surface area contributed by atoms with Crippen molar-refractivity contribution in [3.63, 3.8) is 0 Å². The fourth-order valence-electron chi connectivity index (χ4n) is 4.83. The zero-order valence-corrected chi connectivity index (χ0v) is 13.6. The monoisotopic (exact) mass is 278 g/mol. The van der Waals surface area contributed by atoms with Crippen molar-refractivity contribution in [3.05, 3.63) is 0 Å². The molecule has 0 spiro atoms. The first kappa shape index (κ1) is 14.8. The van der Waals surface area contributed by atoms with E-state index in [2.05, 4.69) is 24.1 Å². The summed E-state index contributed by atoms with van der Waals surface area (Å²) in [7, 11) is 0. The molecular formula is C18H34N2. The second-order valence-corrected chi connectivity index (χ2v) is 7.97. The summed E-state index contributed by atoms with van der Waals surface area (Å²) in [5.74, 6) is 2.87. The van der Waals surface area contributed by atoms with Gasteiger partial charge < -0.3 is 10.2 Å². The van der Waals surface area contributed by atoms with Gasteiger partial charge in [0.1, 0.15) is 0 Å². The van der Waals surface area contributed by atoms with Gasteiger partial charge in [0.15, 0.2) is 0 Å². The summed E-state index contributed by atoms with van der Waals surface area (Å²) in [6.45, 7) is 8.79. The molecule has 3 fully saturated rings. The molecule has 2 heteroatoms. The third-order valence-corrected chi connectivity index (χ3v) is 6.30. The van der Waals surface area contributed by atoms with E-state index in [0.29, 0.717) is 0 Å². The highest BCUT2D eigenvalue weighted by atomic mass is 15.2. The number of nitrogens with zero attached hydrogens (tertiary/aromatic N) is 1. The Bertz CT molecular complexity index is 294. The topological polar surface area (TPSA) is 15.3 Å². The van der Waals surface area contributed by atoms with Gasteiger partial charge in [-0.15, -0.1) is 0 Å².